The number of carbonyl (C=O) groups is 1. The minimum absolute atomic E-state index is 0.397. The number of halogens is 2. The van der Waals surface area contributed by atoms with Crippen LogP contribution >= 0.6 is 0 Å². The minimum Gasteiger partial charge on any atom is -0.480 e. The zero-order chi connectivity index (χ0) is 14.6. The van der Waals surface area contributed by atoms with Crippen molar-refractivity contribution in [2.75, 3.05) is 6.61 Å². The van der Waals surface area contributed by atoms with Gasteiger partial charge in [0.15, 0.2) is 0 Å². The summed E-state index contributed by atoms with van der Waals surface area (Å²) in [7, 11) is -4.54. The van der Waals surface area contributed by atoms with Crippen molar-refractivity contribution in [3.05, 3.63) is 29.8 Å². The van der Waals surface area contributed by atoms with Crippen LogP contribution in [0.15, 0.2) is 23.1 Å². The molecular weight excluding hydrogens is 284 g/mol. The van der Waals surface area contributed by atoms with Gasteiger partial charge in [-0.25, -0.2) is 17.2 Å². The fourth-order valence-electron chi connectivity index (χ4n) is 1.30. The molecule has 0 spiro atoms. The van der Waals surface area contributed by atoms with E-state index in [0.29, 0.717) is 12.1 Å². The van der Waals surface area contributed by atoms with E-state index >= 15 is 0 Å². The van der Waals surface area contributed by atoms with Crippen molar-refractivity contribution in [1.29, 1.82) is 0 Å². The van der Waals surface area contributed by atoms with E-state index in [1.165, 1.54) is 0 Å². The normalized spacial score (nSPS) is 13.2. The van der Waals surface area contributed by atoms with Crippen LogP contribution in [0.4, 0.5) is 8.78 Å². The van der Waals surface area contributed by atoms with E-state index in [2.05, 4.69) is 0 Å². The first-order valence-corrected chi connectivity index (χ1v) is 6.57. The Morgan fingerprint density at radius 3 is 2.53 bits per heavy atom. The summed E-state index contributed by atoms with van der Waals surface area (Å²) in [6.07, 6.45) is -0.397. The van der Waals surface area contributed by atoms with E-state index in [1.54, 1.807) is 4.72 Å². The van der Waals surface area contributed by atoms with E-state index in [-0.39, 0.29) is 0 Å². The Balaban J connectivity index is 3.10. The van der Waals surface area contributed by atoms with Crippen molar-refractivity contribution in [2.45, 2.75) is 17.4 Å². The van der Waals surface area contributed by atoms with E-state index in [4.69, 9.17) is 10.2 Å². The summed E-state index contributed by atoms with van der Waals surface area (Å²) in [6, 6.07) is 0.163. The molecule has 0 saturated heterocycles. The quantitative estimate of drug-likeness (QED) is 0.689. The number of sulfonamides is 1. The monoisotopic (exact) mass is 295 g/mol. The number of benzene rings is 1. The van der Waals surface area contributed by atoms with Crippen LogP contribution in [0.25, 0.3) is 0 Å². The molecule has 1 aromatic carbocycles. The van der Waals surface area contributed by atoms with Gasteiger partial charge in [0.05, 0.1) is 0 Å². The van der Waals surface area contributed by atoms with Gasteiger partial charge in [-0.3, -0.25) is 4.79 Å². The Morgan fingerprint density at radius 2 is 2.00 bits per heavy atom. The van der Waals surface area contributed by atoms with Crippen LogP contribution < -0.4 is 4.72 Å². The van der Waals surface area contributed by atoms with Gasteiger partial charge in [0.25, 0.3) is 0 Å². The predicted molar refractivity (Wildman–Crippen MR) is 59.8 cm³/mol. The lowest BCUT2D eigenvalue weighted by Gasteiger charge is -2.14. The van der Waals surface area contributed by atoms with Gasteiger partial charge in [-0.2, -0.15) is 4.72 Å². The van der Waals surface area contributed by atoms with Gasteiger partial charge in [-0.1, -0.05) is 0 Å². The highest BCUT2D eigenvalue weighted by atomic mass is 32.2. The van der Waals surface area contributed by atoms with E-state index < -0.39 is 51.6 Å². The average molecular weight is 295 g/mol. The van der Waals surface area contributed by atoms with E-state index in [1.807, 2.05) is 0 Å². The second kappa shape index (κ2) is 6.04. The maximum absolute atomic E-state index is 13.3. The van der Waals surface area contributed by atoms with Crippen molar-refractivity contribution in [2.24, 2.45) is 0 Å². The summed E-state index contributed by atoms with van der Waals surface area (Å²) in [5.74, 6) is -3.72. The zero-order valence-electron chi connectivity index (χ0n) is 9.51. The summed E-state index contributed by atoms with van der Waals surface area (Å²) >= 11 is 0. The third-order valence-corrected chi connectivity index (χ3v) is 3.68. The molecule has 106 valence electrons. The maximum atomic E-state index is 13.3. The van der Waals surface area contributed by atoms with Gasteiger partial charge in [-0.05, 0) is 24.6 Å². The second-order valence-corrected chi connectivity index (χ2v) is 5.28. The van der Waals surface area contributed by atoms with Crippen molar-refractivity contribution >= 4 is 16.0 Å². The summed E-state index contributed by atoms with van der Waals surface area (Å²) in [5.41, 5.74) is 0. The fraction of sp³-hybridized carbons (Fsp3) is 0.300. The fourth-order valence-corrected chi connectivity index (χ4v) is 2.61. The highest BCUT2D eigenvalue weighted by Crippen LogP contribution is 2.16. The average Bonchev–Trinajstić information content (AvgIpc) is 2.31. The minimum atomic E-state index is -4.54. The number of carboxylic acids is 1. The molecule has 1 atom stereocenters. The molecule has 0 bridgehead atoms. The van der Waals surface area contributed by atoms with E-state index in [0.717, 1.165) is 6.07 Å². The van der Waals surface area contributed by atoms with Crippen LogP contribution in [0.1, 0.15) is 6.42 Å². The van der Waals surface area contributed by atoms with Gasteiger partial charge in [0, 0.05) is 6.61 Å². The van der Waals surface area contributed by atoms with Crippen LogP contribution in [-0.2, 0) is 14.8 Å². The number of hydrogen-bond acceptors (Lipinski definition) is 4. The molecule has 9 heteroatoms. The van der Waals surface area contributed by atoms with Crippen LogP contribution in [0.3, 0.4) is 0 Å². The molecule has 19 heavy (non-hydrogen) atoms. The Kier molecular flexibility index (Phi) is 4.92. The van der Waals surface area contributed by atoms with Gasteiger partial charge in [0.1, 0.15) is 22.6 Å². The number of hydrogen-bond donors (Lipinski definition) is 3. The Bertz CT molecular complexity index is 575. The number of nitrogens with one attached hydrogen (secondary N) is 1. The van der Waals surface area contributed by atoms with Crippen molar-refractivity contribution in [1.82, 2.24) is 4.72 Å². The smallest absolute Gasteiger partial charge is 0.321 e. The lowest BCUT2D eigenvalue weighted by Crippen LogP contribution is -2.41. The van der Waals surface area contributed by atoms with Crippen LogP contribution in [0.2, 0.25) is 0 Å². The summed E-state index contributed by atoms with van der Waals surface area (Å²) < 4.78 is 51.4. The first-order valence-electron chi connectivity index (χ1n) is 5.09. The number of aliphatic carboxylic acids is 1. The lowest BCUT2D eigenvalue weighted by molar-refractivity contribution is -0.139. The van der Waals surface area contributed by atoms with Gasteiger partial charge in [-0.15, -0.1) is 0 Å². The van der Waals surface area contributed by atoms with Gasteiger partial charge >= 0.3 is 5.97 Å². The number of carboxylic acid groups (broad SMARTS) is 1. The summed E-state index contributed by atoms with van der Waals surface area (Å²) in [6.45, 7) is -0.578. The third kappa shape index (κ3) is 3.94. The molecule has 1 aromatic rings. The predicted octanol–water partition coefficient (Wildman–Crippen LogP) is 0.0787. The van der Waals surface area contributed by atoms with Gasteiger partial charge in [0.2, 0.25) is 10.0 Å². The number of aliphatic hydroxyl groups excluding tert-OH is 1. The Hall–Kier alpha value is -1.58. The molecule has 6 nitrogen and oxygen atoms in total. The zero-order valence-corrected chi connectivity index (χ0v) is 10.3. The van der Waals surface area contributed by atoms with Gasteiger partial charge < -0.3 is 10.2 Å². The highest BCUT2D eigenvalue weighted by Gasteiger charge is 2.27. The molecule has 0 unspecified atom stereocenters. The third-order valence-electron chi connectivity index (χ3n) is 2.20. The van der Waals surface area contributed by atoms with Crippen LogP contribution in [0.5, 0.6) is 0 Å². The van der Waals surface area contributed by atoms with Crippen molar-refractivity contribution in [3.8, 4) is 0 Å². The molecule has 0 aliphatic carbocycles. The molecule has 0 aromatic heterocycles. The second-order valence-electron chi connectivity index (χ2n) is 3.60. The summed E-state index contributed by atoms with van der Waals surface area (Å²) in [4.78, 5) is 9.76. The molecule has 0 heterocycles. The molecule has 0 radical (unpaired) electrons. The SMILES string of the molecule is O=C(O)[C@@H](CCO)NS(=O)(=O)c1cc(F)ccc1F. The van der Waals surface area contributed by atoms with Crippen LogP contribution in [0, 0.1) is 11.6 Å². The highest BCUT2D eigenvalue weighted by molar-refractivity contribution is 7.89. The molecule has 0 aliphatic heterocycles. The summed E-state index contributed by atoms with van der Waals surface area (Å²) in [5, 5.41) is 17.4. The Labute approximate surface area is 107 Å². The molecule has 0 amide bonds. The molecule has 1 rings (SSSR count). The molecule has 0 fully saturated rings. The number of aliphatic hydroxyl groups is 1. The molecule has 3 N–H and O–H groups in total. The molecule has 0 aliphatic rings. The first-order chi connectivity index (χ1) is 8.77. The standard InChI is InChI=1S/C10H11F2NO5S/c11-6-1-2-7(12)9(5-6)19(17,18)13-8(3-4-14)10(15)16/h1-2,5,8,13-14H,3-4H2,(H,15,16)/t8-/m1/s1. The number of rotatable bonds is 6. The van der Waals surface area contributed by atoms with Crippen LogP contribution in [-0.4, -0.2) is 37.2 Å². The first kappa shape index (κ1) is 15.5. The maximum Gasteiger partial charge on any atom is 0.321 e. The largest absolute Gasteiger partial charge is 0.480 e. The topological polar surface area (TPSA) is 104 Å². The Morgan fingerprint density at radius 1 is 1.37 bits per heavy atom. The molecule has 0 saturated carbocycles. The van der Waals surface area contributed by atoms with Crippen molar-refractivity contribution < 1.29 is 32.2 Å². The lowest BCUT2D eigenvalue weighted by atomic mass is 10.2. The van der Waals surface area contributed by atoms with Crippen molar-refractivity contribution in [3.63, 3.8) is 0 Å². The van der Waals surface area contributed by atoms with E-state index in [9.17, 15) is 22.0 Å². The molecular formula is C10H11F2NO5S.